The standard InChI is InChI=1S/C44H26/c1-3-7-35(8-4-1)11-13-37-15-19-39(20-16-37)23-25-41-27-31-43(32-28-41)44-33-29-42(30-34-44)26-24-40-21-17-38(18-22-40)14-12-36-9-5-2-6-10-36/h1-10,15-22,27-34H. The largest absolute Gasteiger partial charge is 0.0622 e. The van der Waals surface area contributed by atoms with Gasteiger partial charge in [0.25, 0.3) is 0 Å². The van der Waals surface area contributed by atoms with E-state index < -0.39 is 0 Å². The first kappa shape index (κ1) is 27.7. The molecule has 6 rings (SSSR count). The molecule has 0 aliphatic heterocycles. The van der Waals surface area contributed by atoms with Gasteiger partial charge in [-0.15, -0.1) is 0 Å². The minimum atomic E-state index is 0.962. The van der Waals surface area contributed by atoms with E-state index in [2.05, 4.69) is 95.9 Å². The lowest BCUT2D eigenvalue weighted by Crippen LogP contribution is -1.82. The van der Waals surface area contributed by atoms with Gasteiger partial charge in [-0.1, -0.05) is 108 Å². The van der Waals surface area contributed by atoms with Gasteiger partial charge in [-0.3, -0.25) is 0 Å². The van der Waals surface area contributed by atoms with E-state index in [-0.39, 0.29) is 0 Å². The van der Waals surface area contributed by atoms with Crippen LogP contribution in [0.5, 0.6) is 0 Å². The summed E-state index contributed by atoms with van der Waals surface area (Å²) in [6, 6.07) is 52.7. The number of benzene rings is 6. The van der Waals surface area contributed by atoms with Gasteiger partial charge in [-0.05, 0) is 108 Å². The van der Waals surface area contributed by atoms with Gasteiger partial charge in [-0.2, -0.15) is 0 Å². The van der Waals surface area contributed by atoms with Crippen molar-refractivity contribution in [3.63, 3.8) is 0 Å². The molecular formula is C44H26. The van der Waals surface area contributed by atoms with Crippen LogP contribution in [-0.4, -0.2) is 0 Å². The van der Waals surface area contributed by atoms with Crippen molar-refractivity contribution in [3.05, 3.63) is 202 Å². The monoisotopic (exact) mass is 554 g/mol. The van der Waals surface area contributed by atoms with Gasteiger partial charge in [-0.25, -0.2) is 0 Å². The Hall–Kier alpha value is -6.44. The molecule has 0 aromatic heterocycles. The molecule has 0 unspecified atom stereocenters. The fraction of sp³-hybridized carbons (Fsp3) is 0. The predicted octanol–water partition coefficient (Wildman–Crippen LogP) is 8.95. The topological polar surface area (TPSA) is 0 Å². The minimum Gasteiger partial charge on any atom is -0.0622 e. The summed E-state index contributed by atoms with van der Waals surface area (Å²) in [5.41, 5.74) is 10.1. The highest BCUT2D eigenvalue weighted by Gasteiger charge is 1.98. The first-order valence-corrected chi connectivity index (χ1v) is 14.4. The summed E-state index contributed by atoms with van der Waals surface area (Å²) < 4.78 is 0. The summed E-state index contributed by atoms with van der Waals surface area (Å²) in [6.07, 6.45) is 0. The van der Waals surface area contributed by atoms with Crippen molar-refractivity contribution >= 4 is 0 Å². The molecule has 0 radical (unpaired) electrons. The number of hydrogen-bond acceptors (Lipinski definition) is 0. The Morgan fingerprint density at radius 1 is 0.182 bits per heavy atom. The molecule has 6 aromatic carbocycles. The van der Waals surface area contributed by atoms with Crippen LogP contribution >= 0.6 is 0 Å². The van der Waals surface area contributed by atoms with Gasteiger partial charge in [0.1, 0.15) is 0 Å². The first-order valence-electron chi connectivity index (χ1n) is 14.4. The smallest absolute Gasteiger partial charge is 0.0249 e. The summed E-state index contributed by atoms with van der Waals surface area (Å²) in [4.78, 5) is 0. The van der Waals surface area contributed by atoms with Crippen LogP contribution < -0.4 is 0 Å². The number of rotatable bonds is 1. The van der Waals surface area contributed by atoms with E-state index in [0.29, 0.717) is 0 Å². The van der Waals surface area contributed by atoms with Gasteiger partial charge >= 0.3 is 0 Å². The molecule has 0 spiro atoms. The zero-order chi connectivity index (χ0) is 29.8. The van der Waals surface area contributed by atoms with Crippen LogP contribution in [0.1, 0.15) is 44.5 Å². The maximum atomic E-state index is 3.26. The highest BCUT2D eigenvalue weighted by Crippen LogP contribution is 2.20. The maximum Gasteiger partial charge on any atom is 0.0249 e. The van der Waals surface area contributed by atoms with Gasteiger partial charge in [0, 0.05) is 44.5 Å². The second kappa shape index (κ2) is 14.0. The molecule has 6 aromatic rings. The average Bonchev–Trinajstić information content (AvgIpc) is 3.10. The Balaban J connectivity index is 1.05. The van der Waals surface area contributed by atoms with Gasteiger partial charge < -0.3 is 0 Å². The Morgan fingerprint density at radius 2 is 0.364 bits per heavy atom. The lowest BCUT2D eigenvalue weighted by atomic mass is 10.0. The molecule has 0 bridgehead atoms. The second-order valence-electron chi connectivity index (χ2n) is 10.0. The quantitative estimate of drug-likeness (QED) is 0.178. The van der Waals surface area contributed by atoms with Gasteiger partial charge in [0.05, 0.1) is 0 Å². The van der Waals surface area contributed by atoms with Crippen LogP contribution in [0, 0.1) is 47.4 Å². The van der Waals surface area contributed by atoms with E-state index in [1.165, 1.54) is 0 Å². The minimum absolute atomic E-state index is 0.962. The summed E-state index contributed by atoms with van der Waals surface area (Å²) in [7, 11) is 0. The van der Waals surface area contributed by atoms with E-state index in [4.69, 9.17) is 0 Å². The van der Waals surface area contributed by atoms with Crippen LogP contribution in [0.15, 0.2) is 158 Å². The van der Waals surface area contributed by atoms with Crippen LogP contribution in [0.25, 0.3) is 11.1 Å². The third-order valence-electron chi connectivity index (χ3n) is 6.83. The molecule has 0 aliphatic carbocycles. The molecule has 0 saturated carbocycles. The van der Waals surface area contributed by atoms with Crippen LogP contribution in [-0.2, 0) is 0 Å². The SMILES string of the molecule is C(#Cc1ccc(C#Cc2ccc(-c3ccc(C#Cc4ccc(C#Cc5ccccc5)cc4)cc3)cc2)cc1)c1ccccc1. The zero-order valence-electron chi connectivity index (χ0n) is 24.0. The Bertz CT molecular complexity index is 1940. The lowest BCUT2D eigenvalue weighted by molar-refractivity contribution is 1.56. The van der Waals surface area contributed by atoms with Crippen molar-refractivity contribution in [1.82, 2.24) is 0 Å². The molecule has 0 fully saturated rings. The van der Waals surface area contributed by atoms with Gasteiger partial charge in [0.2, 0.25) is 0 Å². The highest BCUT2D eigenvalue weighted by molar-refractivity contribution is 5.65. The Labute approximate surface area is 260 Å². The molecule has 0 saturated heterocycles. The van der Waals surface area contributed by atoms with E-state index in [0.717, 1.165) is 55.6 Å². The van der Waals surface area contributed by atoms with Crippen molar-refractivity contribution in [3.8, 4) is 58.5 Å². The average molecular weight is 555 g/mol. The maximum absolute atomic E-state index is 3.26. The van der Waals surface area contributed by atoms with E-state index in [9.17, 15) is 0 Å². The zero-order valence-corrected chi connectivity index (χ0v) is 24.0. The fourth-order valence-corrected chi connectivity index (χ4v) is 4.39. The molecule has 0 heterocycles. The molecule has 0 nitrogen and oxygen atoms in total. The summed E-state index contributed by atoms with van der Waals surface area (Å²) in [6.45, 7) is 0. The van der Waals surface area contributed by atoms with Crippen molar-refractivity contribution in [2.75, 3.05) is 0 Å². The third kappa shape index (κ3) is 7.85. The Morgan fingerprint density at radius 3 is 0.591 bits per heavy atom. The molecule has 0 amide bonds. The molecule has 0 N–H and O–H groups in total. The molecule has 202 valence electrons. The van der Waals surface area contributed by atoms with Crippen molar-refractivity contribution in [1.29, 1.82) is 0 Å². The van der Waals surface area contributed by atoms with Crippen molar-refractivity contribution in [2.24, 2.45) is 0 Å². The molecule has 0 atom stereocenters. The summed E-state index contributed by atoms with van der Waals surface area (Å²) >= 11 is 0. The molecule has 44 heavy (non-hydrogen) atoms. The third-order valence-corrected chi connectivity index (χ3v) is 6.83. The molecule has 0 heteroatoms. The van der Waals surface area contributed by atoms with Crippen molar-refractivity contribution in [2.45, 2.75) is 0 Å². The number of hydrogen-bond donors (Lipinski definition) is 0. The first-order chi connectivity index (χ1) is 21.8. The lowest BCUT2D eigenvalue weighted by Gasteiger charge is -2.02. The van der Waals surface area contributed by atoms with E-state index in [1.807, 2.05) is 109 Å². The Kier molecular flexibility index (Phi) is 8.79. The normalized spacial score (nSPS) is 9.55. The predicted molar refractivity (Wildman–Crippen MR) is 182 cm³/mol. The van der Waals surface area contributed by atoms with E-state index in [1.54, 1.807) is 0 Å². The van der Waals surface area contributed by atoms with Crippen molar-refractivity contribution < 1.29 is 0 Å². The van der Waals surface area contributed by atoms with E-state index >= 15 is 0 Å². The second-order valence-corrected chi connectivity index (χ2v) is 10.0. The summed E-state index contributed by atoms with van der Waals surface area (Å²) in [5, 5.41) is 0. The van der Waals surface area contributed by atoms with Gasteiger partial charge in [0.15, 0.2) is 0 Å². The fourth-order valence-electron chi connectivity index (χ4n) is 4.39. The van der Waals surface area contributed by atoms with Crippen LogP contribution in [0.2, 0.25) is 0 Å². The molecular weight excluding hydrogens is 528 g/mol. The molecule has 0 aliphatic rings. The van der Waals surface area contributed by atoms with Crippen LogP contribution in [0.4, 0.5) is 0 Å². The van der Waals surface area contributed by atoms with Crippen LogP contribution in [0.3, 0.4) is 0 Å². The highest BCUT2D eigenvalue weighted by atomic mass is 14.0. The summed E-state index contributed by atoms with van der Waals surface area (Å²) in [5.74, 6) is 25.8.